The summed E-state index contributed by atoms with van der Waals surface area (Å²) >= 11 is 0. The van der Waals surface area contributed by atoms with Crippen molar-refractivity contribution < 1.29 is 0 Å². The lowest BCUT2D eigenvalue weighted by molar-refractivity contribution is 0.420. The summed E-state index contributed by atoms with van der Waals surface area (Å²) < 4.78 is 0. The Kier molecular flexibility index (Phi) is 3.28. The van der Waals surface area contributed by atoms with Gasteiger partial charge in [0.05, 0.1) is 0 Å². The zero-order chi connectivity index (χ0) is 13.2. The Hall–Kier alpha value is -1.77. The van der Waals surface area contributed by atoms with Crippen LogP contribution >= 0.6 is 0 Å². The van der Waals surface area contributed by atoms with Crippen molar-refractivity contribution >= 4 is 17.5 Å². The van der Waals surface area contributed by atoms with Crippen molar-refractivity contribution in [2.45, 2.75) is 26.7 Å². The molecule has 1 aromatic rings. The van der Waals surface area contributed by atoms with Crippen LogP contribution in [0, 0.1) is 0 Å². The van der Waals surface area contributed by atoms with Gasteiger partial charge in [-0.25, -0.2) is 0 Å². The van der Waals surface area contributed by atoms with E-state index in [2.05, 4.69) is 48.2 Å². The Labute approximate surface area is 115 Å². The van der Waals surface area contributed by atoms with Crippen LogP contribution in [0.4, 0.5) is 5.69 Å². The first-order chi connectivity index (χ1) is 9.33. The molecule has 1 aromatic carbocycles. The first-order valence-corrected chi connectivity index (χ1v) is 7.20. The molecule has 0 bridgehead atoms. The van der Waals surface area contributed by atoms with Crippen molar-refractivity contribution in [3.05, 3.63) is 35.5 Å². The second kappa shape index (κ2) is 5.08. The molecule has 2 aliphatic rings. The molecular weight excluding hydrogens is 234 g/mol. The van der Waals surface area contributed by atoms with Gasteiger partial charge in [-0.2, -0.15) is 5.10 Å². The van der Waals surface area contributed by atoms with Gasteiger partial charge in [0.2, 0.25) is 0 Å². The van der Waals surface area contributed by atoms with Gasteiger partial charge < -0.3 is 4.90 Å². The van der Waals surface area contributed by atoms with Gasteiger partial charge in [0.15, 0.2) is 0 Å². The number of likely N-dealkylation sites (N-methyl/N-ethyl adjacent to an activating group) is 1. The van der Waals surface area contributed by atoms with Crippen molar-refractivity contribution in [2.75, 3.05) is 24.5 Å². The molecule has 0 fully saturated rings. The Balaban J connectivity index is 1.99. The van der Waals surface area contributed by atoms with Gasteiger partial charge in [-0.3, -0.25) is 5.01 Å². The average molecular weight is 255 g/mol. The molecule has 0 amide bonds. The molecule has 100 valence electrons. The number of allylic oxidation sites excluding steroid dienone is 1. The van der Waals surface area contributed by atoms with E-state index in [9.17, 15) is 0 Å². The standard InChI is InChI=1S/C16H21N3/c1-3-18-11-9-15-14(6-5-7-16(15)18)13-8-10-17-19(4-2)12-13/h5-7,10,12H,3-4,8-9,11H2,1-2H3. The third-order valence-electron chi connectivity index (χ3n) is 4.02. The zero-order valence-electron chi connectivity index (χ0n) is 11.8. The van der Waals surface area contributed by atoms with Gasteiger partial charge in [0.25, 0.3) is 0 Å². The number of hydrogen-bond acceptors (Lipinski definition) is 3. The van der Waals surface area contributed by atoms with Crippen LogP contribution in [0.3, 0.4) is 0 Å². The minimum Gasteiger partial charge on any atom is -0.371 e. The van der Waals surface area contributed by atoms with Crippen LogP contribution in [-0.2, 0) is 6.42 Å². The molecule has 3 rings (SSSR count). The van der Waals surface area contributed by atoms with Crippen molar-refractivity contribution in [2.24, 2.45) is 5.10 Å². The molecule has 0 saturated carbocycles. The lowest BCUT2D eigenvalue weighted by Gasteiger charge is -2.21. The molecule has 0 radical (unpaired) electrons. The van der Waals surface area contributed by atoms with Crippen LogP contribution < -0.4 is 4.90 Å². The Morgan fingerprint density at radius 1 is 1.21 bits per heavy atom. The summed E-state index contributed by atoms with van der Waals surface area (Å²) in [5, 5.41) is 6.39. The monoisotopic (exact) mass is 255 g/mol. The van der Waals surface area contributed by atoms with E-state index in [1.165, 1.54) is 28.8 Å². The van der Waals surface area contributed by atoms with Gasteiger partial charge in [-0.05, 0) is 43.0 Å². The highest BCUT2D eigenvalue weighted by Crippen LogP contribution is 2.35. The van der Waals surface area contributed by atoms with E-state index >= 15 is 0 Å². The number of hydrazone groups is 1. The van der Waals surface area contributed by atoms with E-state index in [-0.39, 0.29) is 0 Å². The molecule has 2 aliphatic heterocycles. The topological polar surface area (TPSA) is 18.8 Å². The quantitative estimate of drug-likeness (QED) is 0.826. The lowest BCUT2D eigenvalue weighted by Crippen LogP contribution is -2.19. The predicted molar refractivity (Wildman–Crippen MR) is 81.5 cm³/mol. The summed E-state index contributed by atoms with van der Waals surface area (Å²) in [5.74, 6) is 0. The molecule has 2 heterocycles. The largest absolute Gasteiger partial charge is 0.371 e. The minimum absolute atomic E-state index is 0.927. The van der Waals surface area contributed by atoms with E-state index in [0.29, 0.717) is 0 Å². The summed E-state index contributed by atoms with van der Waals surface area (Å²) in [4.78, 5) is 2.47. The summed E-state index contributed by atoms with van der Waals surface area (Å²) in [6, 6.07) is 6.70. The number of benzene rings is 1. The third kappa shape index (κ3) is 2.14. The Morgan fingerprint density at radius 3 is 2.89 bits per heavy atom. The first kappa shape index (κ1) is 12.3. The van der Waals surface area contributed by atoms with Crippen molar-refractivity contribution in [3.63, 3.8) is 0 Å². The number of anilines is 1. The van der Waals surface area contributed by atoms with Gasteiger partial charge in [-0.1, -0.05) is 12.1 Å². The minimum atomic E-state index is 0.927. The molecule has 0 atom stereocenters. The fourth-order valence-corrected chi connectivity index (χ4v) is 2.99. The molecule has 0 spiro atoms. The number of nitrogens with zero attached hydrogens (tertiary/aromatic N) is 3. The maximum Gasteiger partial charge on any atom is 0.0405 e. The van der Waals surface area contributed by atoms with Crippen LogP contribution in [0.25, 0.3) is 5.57 Å². The van der Waals surface area contributed by atoms with Crippen molar-refractivity contribution in [1.29, 1.82) is 0 Å². The molecule has 0 unspecified atom stereocenters. The number of hydrogen-bond donors (Lipinski definition) is 0. The molecule has 0 N–H and O–H groups in total. The van der Waals surface area contributed by atoms with Gasteiger partial charge >= 0.3 is 0 Å². The second-order valence-electron chi connectivity index (χ2n) is 5.05. The first-order valence-electron chi connectivity index (χ1n) is 7.20. The van der Waals surface area contributed by atoms with E-state index in [4.69, 9.17) is 0 Å². The Morgan fingerprint density at radius 2 is 2.11 bits per heavy atom. The van der Waals surface area contributed by atoms with Gasteiger partial charge in [0.1, 0.15) is 0 Å². The molecule has 19 heavy (non-hydrogen) atoms. The number of rotatable bonds is 3. The average Bonchev–Trinajstić information content (AvgIpc) is 2.90. The van der Waals surface area contributed by atoms with Gasteiger partial charge in [-0.15, -0.1) is 0 Å². The summed E-state index contributed by atoms with van der Waals surface area (Å²) in [6.45, 7) is 7.54. The highest BCUT2D eigenvalue weighted by molar-refractivity contribution is 5.84. The maximum absolute atomic E-state index is 4.37. The fourth-order valence-electron chi connectivity index (χ4n) is 2.99. The molecule has 0 saturated heterocycles. The van der Waals surface area contributed by atoms with Crippen molar-refractivity contribution in [3.8, 4) is 0 Å². The lowest BCUT2D eigenvalue weighted by atomic mass is 9.96. The van der Waals surface area contributed by atoms with Crippen LogP contribution in [0.1, 0.15) is 31.4 Å². The van der Waals surface area contributed by atoms with Crippen molar-refractivity contribution in [1.82, 2.24) is 5.01 Å². The summed E-state index contributed by atoms with van der Waals surface area (Å²) in [6.07, 6.45) is 6.33. The number of fused-ring (bicyclic) bond motifs is 1. The third-order valence-corrected chi connectivity index (χ3v) is 4.02. The molecule has 3 nitrogen and oxygen atoms in total. The van der Waals surface area contributed by atoms with Gasteiger partial charge in [0, 0.05) is 44.2 Å². The molecular formula is C16H21N3. The summed E-state index contributed by atoms with van der Waals surface area (Å²) in [5.41, 5.74) is 5.75. The highest BCUT2D eigenvalue weighted by Gasteiger charge is 2.22. The highest BCUT2D eigenvalue weighted by atomic mass is 15.4. The summed E-state index contributed by atoms with van der Waals surface area (Å²) in [7, 11) is 0. The van der Waals surface area contributed by atoms with E-state index < -0.39 is 0 Å². The predicted octanol–water partition coefficient (Wildman–Crippen LogP) is 3.12. The normalized spacial score (nSPS) is 17.7. The second-order valence-corrected chi connectivity index (χ2v) is 5.05. The van der Waals surface area contributed by atoms with Crippen LogP contribution in [0.5, 0.6) is 0 Å². The smallest absolute Gasteiger partial charge is 0.0405 e. The van der Waals surface area contributed by atoms with E-state index in [1.807, 2.05) is 11.2 Å². The fraction of sp³-hybridized carbons (Fsp3) is 0.438. The van der Waals surface area contributed by atoms with E-state index in [0.717, 1.165) is 26.1 Å². The molecule has 0 aliphatic carbocycles. The SMILES string of the molecule is CCN1C=C(c2cccc3c2CCN3CC)CC=N1. The molecule has 3 heteroatoms. The Bertz CT molecular complexity index is 531. The van der Waals surface area contributed by atoms with Crippen LogP contribution in [0.2, 0.25) is 0 Å². The van der Waals surface area contributed by atoms with Crippen LogP contribution in [-0.4, -0.2) is 30.9 Å². The van der Waals surface area contributed by atoms with Crippen LogP contribution in [0.15, 0.2) is 29.5 Å². The zero-order valence-corrected chi connectivity index (χ0v) is 11.8. The van der Waals surface area contributed by atoms with E-state index in [1.54, 1.807) is 0 Å². The molecule has 0 aromatic heterocycles. The maximum atomic E-state index is 4.37.